The molecule has 0 spiro atoms. The molecule has 5 heteroatoms. The highest BCUT2D eigenvalue weighted by molar-refractivity contribution is 7.13. The van der Waals surface area contributed by atoms with Crippen LogP contribution >= 0.6 is 11.3 Å². The Labute approximate surface area is 112 Å². The van der Waals surface area contributed by atoms with Crippen LogP contribution in [0.4, 0.5) is 5.82 Å². The molecule has 0 atom stereocenters. The molecule has 0 amide bonds. The number of hydrogen-bond acceptors (Lipinski definition) is 5. The largest absolute Gasteiger partial charge is 0.370 e. The predicted molar refractivity (Wildman–Crippen MR) is 76.1 cm³/mol. The molecule has 0 bridgehead atoms. The maximum atomic E-state index is 4.61. The highest BCUT2D eigenvalue weighted by Gasteiger charge is 2.15. The van der Waals surface area contributed by atoms with Gasteiger partial charge in [0.15, 0.2) is 10.8 Å². The van der Waals surface area contributed by atoms with E-state index >= 15 is 0 Å². The first-order valence-electron chi connectivity index (χ1n) is 6.15. The van der Waals surface area contributed by atoms with Gasteiger partial charge in [0.2, 0.25) is 0 Å². The summed E-state index contributed by atoms with van der Waals surface area (Å²) in [5.41, 5.74) is 2.22. The average molecular weight is 262 g/mol. The van der Waals surface area contributed by atoms with Crippen LogP contribution in [0.3, 0.4) is 0 Å². The molecule has 4 nitrogen and oxygen atoms in total. The number of thiazole rings is 1. The Morgan fingerprint density at radius 1 is 1.33 bits per heavy atom. The van der Waals surface area contributed by atoms with E-state index in [4.69, 9.17) is 0 Å². The lowest BCUT2D eigenvalue weighted by Gasteiger charge is -2.15. The van der Waals surface area contributed by atoms with Crippen molar-refractivity contribution in [3.8, 4) is 10.8 Å². The maximum absolute atomic E-state index is 4.61. The highest BCUT2D eigenvalue weighted by atomic mass is 32.1. The van der Waals surface area contributed by atoms with Gasteiger partial charge < -0.3 is 5.32 Å². The SMILES string of the molecule is CCNc1nc(-c2nccs2)nc(C)c1C(C)C. The first-order valence-corrected chi connectivity index (χ1v) is 7.03. The van der Waals surface area contributed by atoms with Crippen LogP contribution in [-0.4, -0.2) is 21.5 Å². The normalized spacial score (nSPS) is 10.9. The fraction of sp³-hybridized carbons (Fsp3) is 0.462. The van der Waals surface area contributed by atoms with E-state index in [1.807, 2.05) is 12.3 Å². The van der Waals surface area contributed by atoms with Crippen molar-refractivity contribution in [1.82, 2.24) is 15.0 Å². The van der Waals surface area contributed by atoms with Gasteiger partial charge in [-0.05, 0) is 19.8 Å². The maximum Gasteiger partial charge on any atom is 0.190 e. The molecular weight excluding hydrogens is 244 g/mol. The fourth-order valence-electron chi connectivity index (χ4n) is 2.00. The van der Waals surface area contributed by atoms with Crippen LogP contribution < -0.4 is 5.32 Å². The number of anilines is 1. The topological polar surface area (TPSA) is 50.7 Å². The van der Waals surface area contributed by atoms with E-state index < -0.39 is 0 Å². The average Bonchev–Trinajstić information content (AvgIpc) is 2.81. The summed E-state index contributed by atoms with van der Waals surface area (Å²) in [6.45, 7) is 9.29. The molecule has 0 aliphatic rings. The summed E-state index contributed by atoms with van der Waals surface area (Å²) in [4.78, 5) is 13.5. The molecule has 2 aromatic heterocycles. The molecule has 1 N–H and O–H groups in total. The lowest BCUT2D eigenvalue weighted by Crippen LogP contribution is -2.09. The van der Waals surface area contributed by atoms with Crippen LogP contribution in [0.1, 0.15) is 37.9 Å². The van der Waals surface area contributed by atoms with Crippen LogP contribution in [0.2, 0.25) is 0 Å². The highest BCUT2D eigenvalue weighted by Crippen LogP contribution is 2.28. The summed E-state index contributed by atoms with van der Waals surface area (Å²) in [5, 5.41) is 6.14. The summed E-state index contributed by atoms with van der Waals surface area (Å²) in [6.07, 6.45) is 1.78. The number of nitrogens with one attached hydrogen (secondary N) is 1. The van der Waals surface area contributed by atoms with Crippen molar-refractivity contribution in [1.29, 1.82) is 0 Å². The van der Waals surface area contributed by atoms with E-state index in [-0.39, 0.29) is 0 Å². The Morgan fingerprint density at radius 2 is 2.11 bits per heavy atom. The zero-order valence-electron chi connectivity index (χ0n) is 11.2. The number of nitrogens with zero attached hydrogens (tertiary/aromatic N) is 3. The molecule has 0 unspecified atom stereocenters. The van der Waals surface area contributed by atoms with Gasteiger partial charge in [0.05, 0.1) is 0 Å². The van der Waals surface area contributed by atoms with Gasteiger partial charge >= 0.3 is 0 Å². The Hall–Kier alpha value is -1.49. The summed E-state index contributed by atoms with van der Waals surface area (Å²) in [7, 11) is 0. The van der Waals surface area contributed by atoms with Gasteiger partial charge in [0.1, 0.15) is 5.82 Å². The van der Waals surface area contributed by atoms with Crippen molar-refractivity contribution in [3.63, 3.8) is 0 Å². The van der Waals surface area contributed by atoms with Gasteiger partial charge in [0, 0.05) is 29.4 Å². The Kier molecular flexibility index (Phi) is 3.91. The third-order valence-electron chi connectivity index (χ3n) is 2.68. The molecule has 0 aromatic carbocycles. The lowest BCUT2D eigenvalue weighted by molar-refractivity contribution is 0.831. The molecule has 2 heterocycles. The van der Waals surface area contributed by atoms with Gasteiger partial charge in [-0.25, -0.2) is 15.0 Å². The summed E-state index contributed by atoms with van der Waals surface area (Å²) in [5.74, 6) is 2.05. The van der Waals surface area contributed by atoms with Crippen molar-refractivity contribution in [2.45, 2.75) is 33.6 Å². The number of hydrogen-bond donors (Lipinski definition) is 1. The second-order valence-corrected chi connectivity index (χ2v) is 5.31. The molecule has 2 aromatic rings. The van der Waals surface area contributed by atoms with Crippen molar-refractivity contribution in [3.05, 3.63) is 22.8 Å². The third-order valence-corrected chi connectivity index (χ3v) is 3.45. The third kappa shape index (κ3) is 2.51. The zero-order valence-corrected chi connectivity index (χ0v) is 12.0. The molecule has 2 rings (SSSR count). The van der Waals surface area contributed by atoms with E-state index in [1.54, 1.807) is 17.5 Å². The molecule has 0 saturated heterocycles. The van der Waals surface area contributed by atoms with Gasteiger partial charge in [-0.1, -0.05) is 13.8 Å². The Morgan fingerprint density at radius 3 is 2.67 bits per heavy atom. The smallest absolute Gasteiger partial charge is 0.190 e. The van der Waals surface area contributed by atoms with Gasteiger partial charge in [-0.15, -0.1) is 11.3 Å². The molecule has 0 aliphatic carbocycles. The molecule has 0 radical (unpaired) electrons. The molecule has 0 fully saturated rings. The second kappa shape index (κ2) is 5.44. The van der Waals surface area contributed by atoms with E-state index in [1.165, 1.54) is 5.56 Å². The van der Waals surface area contributed by atoms with Crippen LogP contribution in [0, 0.1) is 6.92 Å². The quantitative estimate of drug-likeness (QED) is 0.916. The van der Waals surface area contributed by atoms with Gasteiger partial charge in [-0.3, -0.25) is 0 Å². The van der Waals surface area contributed by atoms with Crippen molar-refractivity contribution in [2.24, 2.45) is 0 Å². The van der Waals surface area contributed by atoms with Crippen molar-refractivity contribution < 1.29 is 0 Å². The Balaban J connectivity index is 2.53. The molecule has 0 saturated carbocycles. The van der Waals surface area contributed by atoms with Crippen LogP contribution in [0.5, 0.6) is 0 Å². The summed E-state index contributed by atoms with van der Waals surface area (Å²) < 4.78 is 0. The first-order chi connectivity index (χ1) is 8.63. The van der Waals surface area contributed by atoms with E-state index in [0.717, 1.165) is 23.1 Å². The minimum Gasteiger partial charge on any atom is -0.370 e. The van der Waals surface area contributed by atoms with E-state index in [0.29, 0.717) is 11.7 Å². The van der Waals surface area contributed by atoms with E-state index in [9.17, 15) is 0 Å². The molecular formula is C13H18N4S. The standard InChI is InChI=1S/C13H18N4S/c1-5-14-11-10(8(2)3)9(4)16-12(17-11)13-15-6-7-18-13/h6-8H,5H2,1-4H3,(H,14,16,17). The van der Waals surface area contributed by atoms with Crippen molar-refractivity contribution >= 4 is 17.2 Å². The fourth-order valence-corrected chi connectivity index (χ4v) is 2.57. The minimum absolute atomic E-state index is 0.407. The van der Waals surface area contributed by atoms with Crippen LogP contribution in [-0.2, 0) is 0 Å². The van der Waals surface area contributed by atoms with Gasteiger partial charge in [-0.2, -0.15) is 0 Å². The first kappa shape index (κ1) is 13.0. The number of aryl methyl sites for hydroxylation is 1. The van der Waals surface area contributed by atoms with Crippen molar-refractivity contribution in [2.75, 3.05) is 11.9 Å². The number of aromatic nitrogens is 3. The number of rotatable bonds is 4. The zero-order chi connectivity index (χ0) is 13.1. The Bertz CT molecular complexity index is 520. The van der Waals surface area contributed by atoms with Crippen LogP contribution in [0.15, 0.2) is 11.6 Å². The van der Waals surface area contributed by atoms with E-state index in [2.05, 4.69) is 41.0 Å². The molecule has 18 heavy (non-hydrogen) atoms. The van der Waals surface area contributed by atoms with Crippen LogP contribution in [0.25, 0.3) is 10.8 Å². The molecule has 96 valence electrons. The summed E-state index contributed by atoms with van der Waals surface area (Å²) in [6, 6.07) is 0. The molecule has 0 aliphatic heterocycles. The summed E-state index contributed by atoms with van der Waals surface area (Å²) >= 11 is 1.56. The van der Waals surface area contributed by atoms with Gasteiger partial charge in [0.25, 0.3) is 0 Å². The monoisotopic (exact) mass is 262 g/mol. The predicted octanol–water partition coefficient (Wildman–Crippen LogP) is 3.46. The lowest BCUT2D eigenvalue weighted by atomic mass is 10.0. The minimum atomic E-state index is 0.407. The second-order valence-electron chi connectivity index (χ2n) is 4.42.